The second-order valence-corrected chi connectivity index (χ2v) is 22.0. The highest BCUT2D eigenvalue weighted by Crippen LogP contribution is 2.77. The highest BCUT2D eigenvalue weighted by molar-refractivity contribution is 5.76. The fourth-order valence-electron chi connectivity index (χ4n) is 15.1. The van der Waals surface area contributed by atoms with Gasteiger partial charge in [0, 0.05) is 37.5 Å². The lowest BCUT2D eigenvalue weighted by Crippen LogP contribution is -2.71. The van der Waals surface area contributed by atoms with Crippen LogP contribution in [-0.2, 0) is 38.6 Å². The van der Waals surface area contributed by atoms with Gasteiger partial charge in [0.1, 0.15) is 18.3 Å². The molecule has 12 heteroatoms. The molecule has 4 saturated carbocycles. The van der Waals surface area contributed by atoms with E-state index in [9.17, 15) is 40.5 Å². The van der Waals surface area contributed by atoms with E-state index in [1.165, 1.54) is 5.57 Å². The molecule has 2 aliphatic heterocycles. The quantitative estimate of drug-likeness (QED) is 0.0995. The summed E-state index contributed by atoms with van der Waals surface area (Å²) in [5.74, 6) is 5.72. The minimum atomic E-state index is -1.52. The van der Waals surface area contributed by atoms with E-state index < -0.39 is 64.4 Å². The van der Waals surface area contributed by atoms with Gasteiger partial charge in [0.05, 0.1) is 37.4 Å². The number of aliphatic carboxylic acids is 1. The van der Waals surface area contributed by atoms with Crippen molar-refractivity contribution in [2.75, 3.05) is 33.5 Å². The van der Waals surface area contributed by atoms with Gasteiger partial charge in [-0.25, -0.2) is 0 Å². The summed E-state index contributed by atoms with van der Waals surface area (Å²) in [4.78, 5) is 13.6. The van der Waals surface area contributed by atoms with Crippen molar-refractivity contribution in [2.24, 2.45) is 62.1 Å². The highest BCUT2D eigenvalue weighted by Gasteiger charge is 2.73. The zero-order valence-corrected chi connectivity index (χ0v) is 37.7. The third kappa shape index (κ3) is 7.06. The zero-order valence-electron chi connectivity index (χ0n) is 37.7. The molecule has 7 aliphatic rings. The van der Waals surface area contributed by atoms with E-state index in [1.54, 1.807) is 0 Å². The Morgan fingerprint density at radius 1 is 0.935 bits per heavy atom. The van der Waals surface area contributed by atoms with Gasteiger partial charge in [-0.3, -0.25) is 4.79 Å². The number of carboxylic acids is 1. The molecule has 0 aromatic heterocycles. The predicted octanol–water partition coefficient (Wildman–Crippen LogP) is 4.34. The van der Waals surface area contributed by atoms with E-state index >= 15 is 0 Å². The van der Waals surface area contributed by atoms with Crippen molar-refractivity contribution >= 4 is 5.97 Å². The molecule has 62 heavy (non-hydrogen) atoms. The summed E-state index contributed by atoms with van der Waals surface area (Å²) in [5.41, 5.74) is 0.788. The number of aliphatic hydroxyl groups is 6. The van der Waals surface area contributed by atoms with Crippen molar-refractivity contribution in [3.8, 4) is 11.8 Å². The zero-order chi connectivity index (χ0) is 44.6. The molecule has 17 atom stereocenters. The lowest BCUT2D eigenvalue weighted by molar-refractivity contribution is -0.334. The van der Waals surface area contributed by atoms with E-state index in [-0.39, 0.29) is 73.5 Å². The van der Waals surface area contributed by atoms with E-state index in [0.717, 1.165) is 29.5 Å². The maximum atomic E-state index is 13.6. The van der Waals surface area contributed by atoms with Gasteiger partial charge in [-0.05, 0) is 127 Å². The summed E-state index contributed by atoms with van der Waals surface area (Å²) in [6.07, 6.45) is 1.53. The first-order valence-corrected chi connectivity index (χ1v) is 23.3. The first-order valence-electron chi connectivity index (χ1n) is 23.3. The first kappa shape index (κ1) is 46.1. The number of fused-ring (bicyclic) bond motifs is 6. The Hall–Kier alpha value is -2.41. The largest absolute Gasteiger partial charge is 0.481 e. The second-order valence-electron chi connectivity index (χ2n) is 22.0. The number of allylic oxidation sites excluding steroid dienone is 2. The molecule has 1 aromatic rings. The number of hydrogen-bond acceptors (Lipinski definition) is 11. The van der Waals surface area contributed by atoms with Crippen LogP contribution in [0.3, 0.4) is 0 Å². The number of aliphatic hydroxyl groups excluding tert-OH is 6. The van der Waals surface area contributed by atoms with Crippen LogP contribution in [0.25, 0.3) is 0 Å². The van der Waals surface area contributed by atoms with Gasteiger partial charge < -0.3 is 55.3 Å². The molecule has 344 valence electrons. The molecule has 2 bridgehead atoms. The molecule has 0 amide bonds. The van der Waals surface area contributed by atoms with Crippen LogP contribution in [0.1, 0.15) is 109 Å². The molecule has 12 nitrogen and oxygen atoms in total. The Kier molecular flexibility index (Phi) is 12.5. The van der Waals surface area contributed by atoms with Gasteiger partial charge in [0.2, 0.25) is 0 Å². The molecule has 0 spiro atoms. The molecular formula is C50H73NO11. The number of carboxylic acid groups (broad SMARTS) is 1. The first-order chi connectivity index (χ1) is 29.4. The SMILES string of the molecule is CNCc1ccc2c(c1)CC#C[C@H](CCO)[C@H]1C=C3[C@@H]4C[C@@](C)(CO)CC[C@]4(C(=O)O)CC[C@@]3(C)[C@]3(C)CC[C@@H]4[C@](C)(CO)[C@H](O[C@@H]5OC[C@@H](O)[C@H](O)[C@H]5O)[C@@H](C[C@]4(C)[C@@H]13)OC2. The molecule has 1 aromatic carbocycles. The third-order valence-electron chi connectivity index (χ3n) is 18.7. The molecule has 1 saturated heterocycles. The summed E-state index contributed by atoms with van der Waals surface area (Å²) in [6, 6.07) is 6.33. The number of ether oxygens (including phenoxy) is 3. The summed E-state index contributed by atoms with van der Waals surface area (Å²) in [7, 11) is 1.91. The molecule has 8 rings (SSSR count). The van der Waals surface area contributed by atoms with E-state index in [4.69, 9.17) is 14.2 Å². The van der Waals surface area contributed by atoms with Crippen molar-refractivity contribution in [3.05, 3.63) is 46.5 Å². The molecule has 5 aliphatic carbocycles. The van der Waals surface area contributed by atoms with Gasteiger partial charge in [0.25, 0.3) is 0 Å². The van der Waals surface area contributed by atoms with Crippen molar-refractivity contribution in [2.45, 2.75) is 149 Å². The van der Waals surface area contributed by atoms with Gasteiger partial charge in [-0.1, -0.05) is 76.3 Å². The summed E-state index contributed by atoms with van der Waals surface area (Å²) >= 11 is 0. The van der Waals surface area contributed by atoms with Crippen LogP contribution in [-0.4, -0.2) is 112 Å². The number of rotatable bonds is 9. The lowest BCUT2D eigenvalue weighted by Gasteiger charge is -2.73. The summed E-state index contributed by atoms with van der Waals surface area (Å²) in [5, 5.41) is 80.1. The number of carbonyl (C=O) groups is 1. The van der Waals surface area contributed by atoms with Crippen molar-refractivity contribution < 1.29 is 54.8 Å². The van der Waals surface area contributed by atoms with E-state index in [1.807, 2.05) is 7.05 Å². The monoisotopic (exact) mass is 864 g/mol. The van der Waals surface area contributed by atoms with Crippen LogP contribution in [0.15, 0.2) is 29.8 Å². The van der Waals surface area contributed by atoms with Gasteiger partial charge in [0.15, 0.2) is 6.29 Å². The number of benzene rings is 1. The molecule has 5 fully saturated rings. The van der Waals surface area contributed by atoms with E-state index in [2.05, 4.69) is 76.1 Å². The summed E-state index contributed by atoms with van der Waals surface area (Å²) in [6.45, 7) is 11.7. The predicted molar refractivity (Wildman–Crippen MR) is 231 cm³/mol. The van der Waals surface area contributed by atoms with Crippen molar-refractivity contribution in [1.29, 1.82) is 0 Å². The standard InChI is InChI=1S/C50H73NO11/c1-45(27-53)15-17-50(44(58)59)18-16-48(4)34(35(50)22-45)21-33-30(13-19-52)8-7-9-31-20-29(24-51-6)10-11-32(31)25-60-37-23-46(2)38(12-14-49(48,5)41(33)46)47(3,28-54)42(37)62-43-40(57)39(56)36(55)26-61-43/h10-11,20-21,30,33,35-43,51-57H,9,12-19,22-28H2,1-6H3,(H,58,59)/t30-,33-,35+,36-,37-,38+,39+,40-,41-,42-,43+,45+,46+,47+,48-,49-,50+/m1/s1. The second kappa shape index (κ2) is 16.8. The minimum absolute atomic E-state index is 0.00474. The fourth-order valence-corrected chi connectivity index (χ4v) is 15.1. The lowest BCUT2D eigenvalue weighted by atomic mass is 9.31. The molecule has 0 unspecified atom stereocenters. The van der Waals surface area contributed by atoms with Gasteiger partial charge in [-0.15, -0.1) is 0 Å². The van der Waals surface area contributed by atoms with Crippen LogP contribution in [0.4, 0.5) is 0 Å². The van der Waals surface area contributed by atoms with Crippen molar-refractivity contribution in [3.63, 3.8) is 0 Å². The Morgan fingerprint density at radius 3 is 2.39 bits per heavy atom. The number of nitrogens with one attached hydrogen (secondary N) is 1. The Labute approximate surface area is 367 Å². The third-order valence-corrected chi connectivity index (χ3v) is 18.7. The number of hydrogen-bond donors (Lipinski definition) is 8. The Balaban J connectivity index is 1.34. The van der Waals surface area contributed by atoms with E-state index in [0.29, 0.717) is 57.9 Å². The molecule has 2 heterocycles. The molecule has 8 N–H and O–H groups in total. The normalized spacial score (nSPS) is 47.4. The smallest absolute Gasteiger partial charge is 0.310 e. The highest BCUT2D eigenvalue weighted by atomic mass is 16.7. The van der Waals surface area contributed by atoms with Crippen LogP contribution in [0.2, 0.25) is 0 Å². The fraction of sp³-hybridized carbons (Fsp3) is 0.780. The molecule has 0 radical (unpaired) electrons. The van der Waals surface area contributed by atoms with Crippen LogP contribution in [0, 0.1) is 73.9 Å². The average molecular weight is 864 g/mol. The Morgan fingerprint density at radius 2 is 1.69 bits per heavy atom. The van der Waals surface area contributed by atoms with Crippen LogP contribution < -0.4 is 5.32 Å². The maximum absolute atomic E-state index is 13.6. The topological polar surface area (TPSA) is 198 Å². The molecular weight excluding hydrogens is 791 g/mol. The Bertz CT molecular complexity index is 1950. The van der Waals surface area contributed by atoms with Crippen LogP contribution >= 0.6 is 0 Å². The van der Waals surface area contributed by atoms with Gasteiger partial charge in [-0.2, -0.15) is 0 Å². The summed E-state index contributed by atoms with van der Waals surface area (Å²) < 4.78 is 19.8. The van der Waals surface area contributed by atoms with Crippen molar-refractivity contribution in [1.82, 2.24) is 5.32 Å². The van der Waals surface area contributed by atoms with Gasteiger partial charge >= 0.3 is 5.97 Å². The maximum Gasteiger partial charge on any atom is 0.310 e. The minimum Gasteiger partial charge on any atom is -0.481 e. The average Bonchev–Trinajstić information content (AvgIpc) is 3.24. The van der Waals surface area contributed by atoms with Crippen LogP contribution in [0.5, 0.6) is 0 Å².